The van der Waals surface area contributed by atoms with E-state index in [1.807, 2.05) is 0 Å². The summed E-state index contributed by atoms with van der Waals surface area (Å²) < 4.78 is 5.04. The van der Waals surface area contributed by atoms with Crippen LogP contribution in [-0.2, 0) is 6.42 Å². The van der Waals surface area contributed by atoms with Gasteiger partial charge in [0.15, 0.2) is 5.76 Å². The monoisotopic (exact) mass is 297 g/mol. The molecule has 0 spiro atoms. The molecule has 0 aliphatic carbocycles. The summed E-state index contributed by atoms with van der Waals surface area (Å²) in [6.07, 6.45) is 3.15. The van der Waals surface area contributed by atoms with Crippen molar-refractivity contribution in [1.29, 1.82) is 0 Å². The number of benzene rings is 1. The van der Waals surface area contributed by atoms with Gasteiger partial charge in [0.25, 0.3) is 11.5 Å². The van der Waals surface area contributed by atoms with Gasteiger partial charge in [-0.05, 0) is 30.7 Å². The Morgan fingerprint density at radius 2 is 2.18 bits per heavy atom. The fourth-order valence-corrected chi connectivity index (χ4v) is 2.33. The Bertz CT molecular complexity index is 866. The molecule has 3 aromatic rings. The molecule has 0 aliphatic heterocycles. The number of furan rings is 1. The molecule has 0 unspecified atom stereocenters. The second-order valence-corrected chi connectivity index (χ2v) is 4.94. The van der Waals surface area contributed by atoms with Crippen LogP contribution in [0.25, 0.3) is 10.8 Å². The number of anilines is 1. The standard InChI is InChI=1S/C16H15N3O3/c1-2-4-13-11-7-6-10(9-12(11)15(20)19-18-13)17-16(21)14-5-3-8-22-14/h3,5-9H,2,4H2,1H3,(H,17,21)(H,19,20). The molecule has 0 fully saturated rings. The number of rotatable bonds is 4. The molecule has 2 heterocycles. The minimum atomic E-state index is -0.358. The second kappa shape index (κ2) is 5.85. The molecule has 2 N–H and O–H groups in total. The first-order chi connectivity index (χ1) is 10.7. The number of nitrogens with zero attached hydrogens (tertiary/aromatic N) is 1. The third-order valence-corrected chi connectivity index (χ3v) is 3.36. The Balaban J connectivity index is 1.97. The number of carbonyl (C=O) groups is 1. The number of aromatic amines is 1. The number of aromatic nitrogens is 2. The van der Waals surface area contributed by atoms with Crippen LogP contribution in [0, 0.1) is 0 Å². The SMILES string of the molecule is CCCc1n[nH]c(=O)c2cc(NC(=O)c3ccco3)ccc12. The number of fused-ring (bicyclic) bond motifs is 1. The third-order valence-electron chi connectivity index (χ3n) is 3.36. The van der Waals surface area contributed by atoms with Crippen LogP contribution in [0.5, 0.6) is 0 Å². The average Bonchev–Trinajstić information content (AvgIpc) is 3.05. The summed E-state index contributed by atoms with van der Waals surface area (Å²) in [5.74, 6) is -0.140. The maximum absolute atomic E-state index is 12.0. The summed E-state index contributed by atoms with van der Waals surface area (Å²) in [6, 6.07) is 8.43. The van der Waals surface area contributed by atoms with E-state index in [1.54, 1.807) is 30.3 Å². The summed E-state index contributed by atoms with van der Waals surface area (Å²) in [6.45, 7) is 2.05. The molecule has 2 aromatic heterocycles. The van der Waals surface area contributed by atoms with Gasteiger partial charge in [0.05, 0.1) is 17.3 Å². The molecule has 0 atom stereocenters. The zero-order chi connectivity index (χ0) is 15.5. The fourth-order valence-electron chi connectivity index (χ4n) is 2.33. The maximum atomic E-state index is 12.0. The quantitative estimate of drug-likeness (QED) is 0.775. The molecule has 6 heteroatoms. The molecule has 0 aliphatic rings. The van der Waals surface area contributed by atoms with E-state index in [2.05, 4.69) is 22.4 Å². The van der Waals surface area contributed by atoms with Crippen LogP contribution >= 0.6 is 0 Å². The van der Waals surface area contributed by atoms with Crippen LogP contribution in [0.2, 0.25) is 0 Å². The summed E-state index contributed by atoms with van der Waals surface area (Å²) in [7, 11) is 0. The van der Waals surface area contributed by atoms with Crippen molar-refractivity contribution < 1.29 is 9.21 Å². The van der Waals surface area contributed by atoms with Gasteiger partial charge in [0.2, 0.25) is 0 Å². The number of hydrogen-bond acceptors (Lipinski definition) is 4. The lowest BCUT2D eigenvalue weighted by atomic mass is 10.1. The normalized spacial score (nSPS) is 10.8. The van der Waals surface area contributed by atoms with E-state index in [9.17, 15) is 9.59 Å². The van der Waals surface area contributed by atoms with Crippen molar-refractivity contribution in [2.75, 3.05) is 5.32 Å². The fraction of sp³-hybridized carbons (Fsp3) is 0.188. The minimum Gasteiger partial charge on any atom is -0.459 e. The molecule has 3 rings (SSSR count). The number of amides is 1. The molecule has 0 saturated carbocycles. The van der Waals surface area contributed by atoms with E-state index < -0.39 is 0 Å². The Labute approximate surface area is 126 Å². The van der Waals surface area contributed by atoms with Crippen molar-refractivity contribution in [2.24, 2.45) is 0 Å². The zero-order valence-corrected chi connectivity index (χ0v) is 12.1. The van der Waals surface area contributed by atoms with Crippen LogP contribution in [0.15, 0.2) is 45.8 Å². The first-order valence-electron chi connectivity index (χ1n) is 7.05. The van der Waals surface area contributed by atoms with E-state index in [4.69, 9.17) is 4.42 Å². The zero-order valence-electron chi connectivity index (χ0n) is 12.1. The van der Waals surface area contributed by atoms with Crippen molar-refractivity contribution in [3.8, 4) is 0 Å². The molecule has 1 amide bonds. The topological polar surface area (TPSA) is 88.0 Å². The highest BCUT2D eigenvalue weighted by molar-refractivity contribution is 6.03. The lowest BCUT2D eigenvalue weighted by Crippen LogP contribution is -2.13. The maximum Gasteiger partial charge on any atom is 0.291 e. The van der Waals surface area contributed by atoms with Gasteiger partial charge in [-0.25, -0.2) is 5.10 Å². The highest BCUT2D eigenvalue weighted by Crippen LogP contribution is 2.19. The van der Waals surface area contributed by atoms with Crippen molar-refractivity contribution in [3.05, 3.63) is 58.4 Å². The molecule has 1 aromatic carbocycles. The van der Waals surface area contributed by atoms with E-state index >= 15 is 0 Å². The molecule has 6 nitrogen and oxygen atoms in total. The summed E-state index contributed by atoms with van der Waals surface area (Å²) in [4.78, 5) is 23.9. The number of carbonyl (C=O) groups excluding carboxylic acids is 1. The molecule has 22 heavy (non-hydrogen) atoms. The van der Waals surface area contributed by atoms with Crippen LogP contribution in [-0.4, -0.2) is 16.1 Å². The molecule has 0 saturated heterocycles. The number of H-pyrrole nitrogens is 1. The highest BCUT2D eigenvalue weighted by atomic mass is 16.3. The largest absolute Gasteiger partial charge is 0.459 e. The smallest absolute Gasteiger partial charge is 0.291 e. The van der Waals surface area contributed by atoms with Crippen molar-refractivity contribution in [3.63, 3.8) is 0 Å². The van der Waals surface area contributed by atoms with Gasteiger partial charge >= 0.3 is 0 Å². The van der Waals surface area contributed by atoms with E-state index in [-0.39, 0.29) is 17.2 Å². The van der Waals surface area contributed by atoms with Gasteiger partial charge in [-0.2, -0.15) is 5.10 Å². The van der Waals surface area contributed by atoms with Gasteiger partial charge in [-0.1, -0.05) is 19.4 Å². The van der Waals surface area contributed by atoms with Crippen LogP contribution < -0.4 is 10.9 Å². The van der Waals surface area contributed by atoms with Crippen LogP contribution in [0.4, 0.5) is 5.69 Å². The summed E-state index contributed by atoms with van der Waals surface area (Å²) in [5.41, 5.74) is 1.11. The Morgan fingerprint density at radius 3 is 2.91 bits per heavy atom. The summed E-state index contributed by atoms with van der Waals surface area (Å²) >= 11 is 0. The third kappa shape index (κ3) is 2.63. The van der Waals surface area contributed by atoms with Gasteiger partial charge in [0, 0.05) is 11.1 Å². The lowest BCUT2D eigenvalue weighted by Gasteiger charge is -2.07. The van der Waals surface area contributed by atoms with Gasteiger partial charge in [-0.15, -0.1) is 0 Å². The highest BCUT2D eigenvalue weighted by Gasteiger charge is 2.11. The van der Waals surface area contributed by atoms with Crippen molar-refractivity contribution in [2.45, 2.75) is 19.8 Å². The van der Waals surface area contributed by atoms with Crippen LogP contribution in [0.1, 0.15) is 29.6 Å². The van der Waals surface area contributed by atoms with E-state index in [0.29, 0.717) is 11.1 Å². The molecule has 0 bridgehead atoms. The Hall–Kier alpha value is -2.89. The first kappa shape index (κ1) is 14.1. The minimum absolute atomic E-state index is 0.218. The van der Waals surface area contributed by atoms with Gasteiger partial charge < -0.3 is 9.73 Å². The van der Waals surface area contributed by atoms with E-state index in [0.717, 1.165) is 23.9 Å². The molecule has 112 valence electrons. The van der Waals surface area contributed by atoms with Gasteiger partial charge in [-0.3, -0.25) is 9.59 Å². The van der Waals surface area contributed by atoms with Crippen LogP contribution in [0.3, 0.4) is 0 Å². The number of nitrogens with one attached hydrogen (secondary N) is 2. The molecular formula is C16H15N3O3. The lowest BCUT2D eigenvalue weighted by molar-refractivity contribution is 0.0996. The van der Waals surface area contributed by atoms with E-state index in [1.165, 1.54) is 6.26 Å². The Morgan fingerprint density at radius 1 is 1.32 bits per heavy atom. The Kier molecular flexibility index (Phi) is 3.74. The predicted octanol–water partition coefficient (Wildman–Crippen LogP) is 2.72. The van der Waals surface area contributed by atoms with Crippen molar-refractivity contribution >= 4 is 22.4 Å². The summed E-state index contributed by atoms with van der Waals surface area (Å²) in [5, 5.41) is 10.6. The number of aryl methyl sites for hydroxylation is 1. The molecular weight excluding hydrogens is 282 g/mol. The average molecular weight is 297 g/mol. The number of hydrogen-bond donors (Lipinski definition) is 2. The van der Waals surface area contributed by atoms with Crippen molar-refractivity contribution in [1.82, 2.24) is 10.2 Å². The second-order valence-electron chi connectivity index (χ2n) is 4.94. The predicted molar refractivity (Wildman–Crippen MR) is 83.0 cm³/mol. The van der Waals surface area contributed by atoms with Gasteiger partial charge in [0.1, 0.15) is 0 Å². The first-order valence-corrected chi connectivity index (χ1v) is 7.05. The molecule has 0 radical (unpaired) electrons.